The molecule has 1 fully saturated rings. The Morgan fingerprint density at radius 1 is 1.75 bits per heavy atom. The third-order valence-electron chi connectivity index (χ3n) is 2.34. The minimum Gasteiger partial charge on any atom is -0.299 e. The van der Waals surface area contributed by atoms with Gasteiger partial charge in [0.15, 0.2) is 0 Å². The van der Waals surface area contributed by atoms with Gasteiger partial charge in [0.05, 0.1) is 5.48 Å². The molecule has 2 rings (SSSR count). The van der Waals surface area contributed by atoms with Crippen molar-refractivity contribution < 1.29 is 5.48 Å². The van der Waals surface area contributed by atoms with Crippen LogP contribution in [-0.2, 0) is 0 Å². The zero-order chi connectivity index (χ0) is 11.9. The van der Waals surface area contributed by atoms with Gasteiger partial charge in [-0.1, -0.05) is 6.04 Å². The highest BCUT2D eigenvalue weighted by atomic mass is 15.1. The van der Waals surface area contributed by atoms with Crippen molar-refractivity contribution in [3.8, 4) is 0 Å². The molecule has 1 atom stereocenters. The van der Waals surface area contributed by atoms with Crippen LogP contribution in [0.5, 0.6) is 0 Å². The summed E-state index contributed by atoms with van der Waals surface area (Å²) >= 11 is 0. The van der Waals surface area contributed by atoms with E-state index in [0.717, 1.165) is 19.4 Å². The van der Waals surface area contributed by atoms with Crippen molar-refractivity contribution in [3.05, 3.63) is 30.0 Å². The summed E-state index contributed by atoms with van der Waals surface area (Å²) in [5.74, 6) is 0. The van der Waals surface area contributed by atoms with E-state index >= 15 is 0 Å². The standard InChI is InChI=1S/C10H14N2/c1-12-7-3-5-10(12)9-4-2-6-11-8-9/h2,4,6,8,10H,3,5,7H2,1H3/i2D,4D,6D,8D. The molecular formula is C10H14N2. The van der Waals surface area contributed by atoms with Crippen LogP contribution in [0.15, 0.2) is 24.4 Å². The van der Waals surface area contributed by atoms with Crippen molar-refractivity contribution in [1.29, 1.82) is 0 Å². The van der Waals surface area contributed by atoms with E-state index < -0.39 is 0 Å². The van der Waals surface area contributed by atoms with Gasteiger partial charge in [-0.2, -0.15) is 0 Å². The Hall–Kier alpha value is -0.890. The zero-order valence-electron chi connectivity index (χ0n) is 11.1. The number of rotatable bonds is 1. The first-order chi connectivity index (χ1) is 7.52. The molecule has 0 aromatic carbocycles. The third kappa shape index (κ3) is 1.34. The van der Waals surface area contributed by atoms with Gasteiger partial charge in [-0.15, -0.1) is 0 Å². The fourth-order valence-corrected chi connectivity index (χ4v) is 1.67. The lowest BCUT2D eigenvalue weighted by molar-refractivity contribution is 0.317. The Morgan fingerprint density at radius 3 is 3.42 bits per heavy atom. The monoisotopic (exact) mass is 166 g/mol. The number of hydrogen-bond donors (Lipinski definition) is 0. The lowest BCUT2D eigenvalue weighted by Crippen LogP contribution is -2.17. The second-order valence-electron chi connectivity index (χ2n) is 3.14. The largest absolute Gasteiger partial charge is 0.299 e. The predicted octanol–water partition coefficient (Wildman–Crippen LogP) is 1.85. The highest BCUT2D eigenvalue weighted by molar-refractivity contribution is 5.14. The summed E-state index contributed by atoms with van der Waals surface area (Å²) in [4.78, 5) is 5.79. The SMILES string of the molecule is [2H]c1nc([2H])c(C2CCCN2C)c([2H])c1[2H]. The molecule has 1 saturated heterocycles. The molecule has 2 heterocycles. The zero-order valence-corrected chi connectivity index (χ0v) is 7.09. The molecule has 0 radical (unpaired) electrons. The lowest BCUT2D eigenvalue weighted by atomic mass is 10.1. The van der Waals surface area contributed by atoms with E-state index in [-0.39, 0.29) is 30.5 Å². The molecule has 0 amide bonds. The molecule has 1 aromatic heterocycles. The third-order valence-corrected chi connectivity index (χ3v) is 2.34. The molecule has 2 nitrogen and oxygen atoms in total. The van der Waals surface area contributed by atoms with Gasteiger partial charge >= 0.3 is 0 Å². The number of aromatic nitrogens is 1. The van der Waals surface area contributed by atoms with Crippen LogP contribution < -0.4 is 0 Å². The molecule has 0 aliphatic carbocycles. The maximum atomic E-state index is 7.84. The van der Waals surface area contributed by atoms with Gasteiger partial charge in [-0.25, -0.2) is 0 Å². The molecule has 1 aliphatic heterocycles. The quantitative estimate of drug-likeness (QED) is 0.633. The van der Waals surface area contributed by atoms with E-state index in [1.807, 2.05) is 7.05 Å². The first kappa shape index (κ1) is 4.38. The summed E-state index contributed by atoms with van der Waals surface area (Å²) in [5, 5.41) is 0. The second-order valence-corrected chi connectivity index (χ2v) is 3.14. The Kier molecular flexibility index (Phi) is 1.18. The van der Waals surface area contributed by atoms with Crippen molar-refractivity contribution in [2.24, 2.45) is 0 Å². The average Bonchev–Trinajstić information content (AvgIpc) is 2.62. The maximum absolute atomic E-state index is 7.84. The van der Waals surface area contributed by atoms with Crippen LogP contribution in [0.25, 0.3) is 0 Å². The summed E-state index contributed by atoms with van der Waals surface area (Å²) in [6.07, 6.45) is 1.63. The minimum atomic E-state index is -0.278. The van der Waals surface area contributed by atoms with Crippen molar-refractivity contribution >= 4 is 0 Å². The molecule has 0 spiro atoms. The molecule has 1 unspecified atom stereocenters. The number of likely N-dealkylation sites (tertiary alicyclic amines) is 1. The summed E-state index contributed by atoms with van der Waals surface area (Å²) in [5.41, 5.74) is 0.501. The summed E-state index contributed by atoms with van der Waals surface area (Å²) < 4.78 is 30.5. The van der Waals surface area contributed by atoms with E-state index in [1.54, 1.807) is 0 Å². The van der Waals surface area contributed by atoms with Crippen LogP contribution >= 0.6 is 0 Å². The van der Waals surface area contributed by atoms with Crippen LogP contribution in [0.1, 0.15) is 29.9 Å². The first-order valence-electron chi connectivity index (χ1n) is 6.17. The predicted molar refractivity (Wildman–Crippen MR) is 48.8 cm³/mol. The average molecular weight is 166 g/mol. The van der Waals surface area contributed by atoms with Crippen molar-refractivity contribution in [3.63, 3.8) is 0 Å². The smallest absolute Gasteiger partial charge is 0.0843 e. The van der Waals surface area contributed by atoms with Crippen LogP contribution in [0.2, 0.25) is 0 Å². The highest BCUT2D eigenvalue weighted by Crippen LogP contribution is 2.29. The summed E-state index contributed by atoms with van der Waals surface area (Å²) in [6, 6.07) is -0.174. The maximum Gasteiger partial charge on any atom is 0.0843 e. The van der Waals surface area contributed by atoms with Gasteiger partial charge < -0.3 is 0 Å². The van der Waals surface area contributed by atoms with E-state index in [1.165, 1.54) is 0 Å². The van der Waals surface area contributed by atoms with Crippen LogP contribution in [0, 0.1) is 0 Å². The van der Waals surface area contributed by atoms with Gasteiger partial charge in [-0.3, -0.25) is 9.88 Å². The van der Waals surface area contributed by atoms with Crippen LogP contribution in [0.4, 0.5) is 0 Å². The molecule has 0 saturated carbocycles. The molecule has 1 aromatic rings. The van der Waals surface area contributed by atoms with E-state index in [0.29, 0.717) is 5.56 Å². The van der Waals surface area contributed by atoms with Gasteiger partial charge in [0.2, 0.25) is 0 Å². The highest BCUT2D eigenvalue weighted by Gasteiger charge is 2.21. The minimum absolute atomic E-state index is 0.0104. The van der Waals surface area contributed by atoms with Gasteiger partial charge in [-0.05, 0) is 38.0 Å². The number of hydrogen-bond acceptors (Lipinski definition) is 2. The Labute approximate surface area is 78.8 Å². The molecule has 12 heavy (non-hydrogen) atoms. The summed E-state index contributed by atoms with van der Waals surface area (Å²) in [7, 11) is 1.95. The van der Waals surface area contributed by atoms with Crippen molar-refractivity contribution in [2.75, 3.05) is 13.6 Å². The first-order valence-corrected chi connectivity index (χ1v) is 4.17. The molecule has 1 aliphatic rings. The van der Waals surface area contributed by atoms with Gasteiger partial charge in [0.25, 0.3) is 0 Å². The fraction of sp³-hybridized carbons (Fsp3) is 0.500. The van der Waals surface area contributed by atoms with E-state index in [9.17, 15) is 0 Å². The molecule has 0 bridgehead atoms. The van der Waals surface area contributed by atoms with Gasteiger partial charge in [0.1, 0.15) is 0 Å². The normalized spacial score (nSPS) is 29.2. The summed E-state index contributed by atoms with van der Waals surface area (Å²) in [6.45, 7) is 0.944. The Balaban J connectivity index is 2.52. The molecular weight excluding hydrogens is 148 g/mol. The van der Waals surface area contributed by atoms with Gasteiger partial charge in [0, 0.05) is 18.4 Å². The Morgan fingerprint density at radius 2 is 2.67 bits per heavy atom. The Bertz CT molecular complexity index is 422. The molecule has 0 N–H and O–H groups in total. The van der Waals surface area contributed by atoms with Crippen molar-refractivity contribution in [1.82, 2.24) is 9.88 Å². The second kappa shape index (κ2) is 3.23. The number of nitrogens with zero attached hydrogens (tertiary/aromatic N) is 2. The van der Waals surface area contributed by atoms with Crippen LogP contribution in [-0.4, -0.2) is 23.5 Å². The topological polar surface area (TPSA) is 16.1 Å². The fourth-order valence-electron chi connectivity index (χ4n) is 1.67. The number of pyridine rings is 1. The molecule has 64 valence electrons. The van der Waals surface area contributed by atoms with Crippen molar-refractivity contribution in [2.45, 2.75) is 18.9 Å². The van der Waals surface area contributed by atoms with E-state index in [2.05, 4.69) is 9.88 Å². The molecule has 2 heteroatoms. The lowest BCUT2D eigenvalue weighted by Gasteiger charge is -2.18. The van der Waals surface area contributed by atoms with Crippen LogP contribution in [0.3, 0.4) is 0 Å². The van der Waals surface area contributed by atoms with E-state index in [4.69, 9.17) is 5.48 Å².